The SMILES string of the molecule is C[C@@H](OC[C@H]1CCCO1)C(=O)NS(=O)(=O)c1ccc(Cl)cc1. The first-order chi connectivity index (χ1) is 10.4. The Morgan fingerprint density at radius 3 is 2.73 bits per heavy atom. The maximum atomic E-state index is 12.1. The number of amides is 1. The van der Waals surface area contributed by atoms with Crippen LogP contribution >= 0.6 is 11.6 Å². The van der Waals surface area contributed by atoms with Gasteiger partial charge in [-0.15, -0.1) is 0 Å². The Hall–Kier alpha value is -1.15. The van der Waals surface area contributed by atoms with Gasteiger partial charge in [0.2, 0.25) is 0 Å². The zero-order chi connectivity index (χ0) is 16.2. The Kier molecular flexibility index (Phi) is 5.80. The molecule has 1 aliphatic heterocycles. The summed E-state index contributed by atoms with van der Waals surface area (Å²) in [6, 6.07) is 5.54. The molecule has 1 aromatic rings. The highest BCUT2D eigenvalue weighted by atomic mass is 35.5. The van der Waals surface area contributed by atoms with Gasteiger partial charge in [0.05, 0.1) is 17.6 Å². The Balaban J connectivity index is 1.90. The number of nitrogens with one attached hydrogen (secondary N) is 1. The van der Waals surface area contributed by atoms with Crippen LogP contribution in [0.4, 0.5) is 0 Å². The minimum Gasteiger partial charge on any atom is -0.376 e. The lowest BCUT2D eigenvalue weighted by Crippen LogP contribution is -2.39. The van der Waals surface area contributed by atoms with Gasteiger partial charge in [-0.2, -0.15) is 0 Å². The molecular weight excluding hydrogens is 330 g/mol. The monoisotopic (exact) mass is 347 g/mol. The van der Waals surface area contributed by atoms with Crippen LogP contribution in [0.25, 0.3) is 0 Å². The molecule has 1 aromatic carbocycles. The van der Waals surface area contributed by atoms with Gasteiger partial charge in [-0.25, -0.2) is 13.1 Å². The summed E-state index contributed by atoms with van der Waals surface area (Å²) in [5.41, 5.74) is 0. The number of hydrogen-bond donors (Lipinski definition) is 1. The highest BCUT2D eigenvalue weighted by Crippen LogP contribution is 2.15. The lowest BCUT2D eigenvalue weighted by molar-refractivity contribution is -0.131. The van der Waals surface area contributed by atoms with Gasteiger partial charge in [0.25, 0.3) is 15.9 Å². The molecule has 0 aromatic heterocycles. The molecule has 2 rings (SSSR count). The summed E-state index contributed by atoms with van der Waals surface area (Å²) in [4.78, 5) is 11.9. The first-order valence-corrected chi connectivity index (χ1v) is 8.80. The van der Waals surface area contributed by atoms with Gasteiger partial charge in [-0.1, -0.05) is 11.6 Å². The predicted octanol–water partition coefficient (Wildman–Crippen LogP) is 1.73. The van der Waals surface area contributed by atoms with E-state index in [1.54, 1.807) is 0 Å². The third-order valence-corrected chi connectivity index (χ3v) is 4.90. The van der Waals surface area contributed by atoms with Gasteiger partial charge in [0.1, 0.15) is 6.10 Å². The molecule has 1 saturated heterocycles. The highest BCUT2D eigenvalue weighted by molar-refractivity contribution is 7.90. The highest BCUT2D eigenvalue weighted by Gasteiger charge is 2.24. The van der Waals surface area contributed by atoms with Gasteiger partial charge in [-0.05, 0) is 44.0 Å². The van der Waals surface area contributed by atoms with E-state index in [0.29, 0.717) is 11.6 Å². The van der Waals surface area contributed by atoms with E-state index in [1.165, 1.54) is 31.2 Å². The van der Waals surface area contributed by atoms with Crippen molar-refractivity contribution >= 4 is 27.5 Å². The molecule has 1 aliphatic rings. The lowest BCUT2D eigenvalue weighted by atomic mass is 10.2. The summed E-state index contributed by atoms with van der Waals surface area (Å²) in [5, 5.41) is 0.415. The average Bonchev–Trinajstić information content (AvgIpc) is 2.98. The van der Waals surface area contributed by atoms with Gasteiger partial charge < -0.3 is 9.47 Å². The number of benzene rings is 1. The normalized spacial score (nSPS) is 19.8. The minimum absolute atomic E-state index is 0.0249. The molecule has 6 nitrogen and oxygen atoms in total. The first kappa shape index (κ1) is 17.2. The van der Waals surface area contributed by atoms with Gasteiger partial charge in [-0.3, -0.25) is 4.79 Å². The molecule has 1 N–H and O–H groups in total. The topological polar surface area (TPSA) is 81.7 Å². The van der Waals surface area contributed by atoms with E-state index in [1.807, 2.05) is 4.72 Å². The molecule has 8 heteroatoms. The standard InChI is InChI=1S/C14H18ClNO5S/c1-10(21-9-12-3-2-8-20-12)14(17)16-22(18,19)13-6-4-11(15)5-7-13/h4-7,10,12H,2-3,8-9H2,1H3,(H,16,17)/t10-,12-/m1/s1. The molecule has 0 bridgehead atoms. The van der Waals surface area contributed by atoms with E-state index in [-0.39, 0.29) is 17.6 Å². The second-order valence-electron chi connectivity index (χ2n) is 5.03. The van der Waals surface area contributed by atoms with Crippen LogP contribution in [0.5, 0.6) is 0 Å². The van der Waals surface area contributed by atoms with Crippen molar-refractivity contribution in [2.75, 3.05) is 13.2 Å². The summed E-state index contributed by atoms with van der Waals surface area (Å²) in [7, 11) is -3.93. The largest absolute Gasteiger partial charge is 0.376 e. The van der Waals surface area contributed by atoms with Crippen LogP contribution in [0.2, 0.25) is 5.02 Å². The number of hydrogen-bond acceptors (Lipinski definition) is 5. The summed E-state index contributed by atoms with van der Waals surface area (Å²) in [6.07, 6.45) is 0.950. The van der Waals surface area contributed by atoms with E-state index in [2.05, 4.69) is 0 Å². The summed E-state index contributed by atoms with van der Waals surface area (Å²) in [6.45, 7) is 2.47. The van der Waals surface area contributed by atoms with Crippen LogP contribution in [-0.2, 0) is 24.3 Å². The van der Waals surface area contributed by atoms with Crippen LogP contribution in [0.1, 0.15) is 19.8 Å². The van der Waals surface area contributed by atoms with Crippen LogP contribution < -0.4 is 4.72 Å². The zero-order valence-electron chi connectivity index (χ0n) is 12.1. The molecule has 122 valence electrons. The number of rotatable bonds is 6. The van der Waals surface area contributed by atoms with Crippen molar-refractivity contribution in [1.82, 2.24) is 4.72 Å². The van der Waals surface area contributed by atoms with E-state index >= 15 is 0 Å². The third kappa shape index (κ3) is 4.67. The molecule has 0 aliphatic carbocycles. The van der Waals surface area contributed by atoms with Gasteiger partial charge in [0, 0.05) is 11.6 Å². The molecule has 0 radical (unpaired) electrons. The smallest absolute Gasteiger partial charge is 0.264 e. The number of carbonyl (C=O) groups is 1. The van der Waals surface area contributed by atoms with Crippen LogP contribution in [0.3, 0.4) is 0 Å². The summed E-state index contributed by atoms with van der Waals surface area (Å²) in [5.74, 6) is -0.715. The van der Waals surface area contributed by atoms with Crippen molar-refractivity contribution in [2.24, 2.45) is 0 Å². The molecule has 22 heavy (non-hydrogen) atoms. The number of halogens is 1. The molecule has 0 spiro atoms. The molecule has 1 fully saturated rings. The van der Waals surface area contributed by atoms with Crippen LogP contribution in [0.15, 0.2) is 29.2 Å². The maximum absolute atomic E-state index is 12.1. The molecule has 1 heterocycles. The van der Waals surface area contributed by atoms with E-state index in [4.69, 9.17) is 21.1 Å². The third-order valence-electron chi connectivity index (χ3n) is 3.28. The minimum atomic E-state index is -3.93. The average molecular weight is 348 g/mol. The summed E-state index contributed by atoms with van der Waals surface area (Å²) < 4.78 is 36.9. The second-order valence-corrected chi connectivity index (χ2v) is 7.15. The Morgan fingerprint density at radius 1 is 1.45 bits per heavy atom. The van der Waals surface area contributed by atoms with Crippen molar-refractivity contribution in [3.8, 4) is 0 Å². The molecule has 2 atom stereocenters. The quantitative estimate of drug-likeness (QED) is 0.847. The number of ether oxygens (including phenoxy) is 2. The van der Waals surface area contributed by atoms with Crippen molar-refractivity contribution in [3.05, 3.63) is 29.3 Å². The van der Waals surface area contributed by atoms with Crippen molar-refractivity contribution in [1.29, 1.82) is 0 Å². The van der Waals surface area contributed by atoms with Crippen molar-refractivity contribution in [2.45, 2.75) is 36.9 Å². The van der Waals surface area contributed by atoms with Crippen LogP contribution in [-0.4, -0.2) is 39.7 Å². The number of sulfonamides is 1. The zero-order valence-corrected chi connectivity index (χ0v) is 13.7. The van der Waals surface area contributed by atoms with E-state index in [0.717, 1.165) is 12.8 Å². The predicted molar refractivity (Wildman–Crippen MR) is 81.2 cm³/mol. The van der Waals surface area contributed by atoms with Crippen LogP contribution in [0, 0.1) is 0 Å². The molecule has 0 saturated carbocycles. The van der Waals surface area contributed by atoms with Gasteiger partial charge >= 0.3 is 0 Å². The van der Waals surface area contributed by atoms with E-state index < -0.39 is 22.0 Å². The first-order valence-electron chi connectivity index (χ1n) is 6.94. The Bertz CT molecular complexity index is 611. The fourth-order valence-electron chi connectivity index (χ4n) is 1.99. The maximum Gasteiger partial charge on any atom is 0.264 e. The molecule has 1 amide bonds. The fraction of sp³-hybridized carbons (Fsp3) is 0.500. The Morgan fingerprint density at radius 2 is 2.14 bits per heavy atom. The summed E-state index contributed by atoms with van der Waals surface area (Å²) >= 11 is 5.71. The number of carbonyl (C=O) groups excluding carboxylic acids is 1. The van der Waals surface area contributed by atoms with E-state index in [9.17, 15) is 13.2 Å². The lowest BCUT2D eigenvalue weighted by Gasteiger charge is -2.16. The van der Waals surface area contributed by atoms with Crippen molar-refractivity contribution < 1.29 is 22.7 Å². The molecular formula is C14H18ClNO5S. The van der Waals surface area contributed by atoms with Gasteiger partial charge in [0.15, 0.2) is 0 Å². The molecule has 0 unspecified atom stereocenters. The fourth-order valence-corrected chi connectivity index (χ4v) is 3.16. The second kappa shape index (κ2) is 7.41. The van der Waals surface area contributed by atoms with Crippen molar-refractivity contribution in [3.63, 3.8) is 0 Å². The Labute approximate surface area is 134 Å².